The third kappa shape index (κ3) is 4.17. The van der Waals surface area contributed by atoms with Crippen molar-refractivity contribution in [3.05, 3.63) is 23.9 Å². The fourth-order valence-electron chi connectivity index (χ4n) is 1.35. The zero-order chi connectivity index (χ0) is 16.3. The van der Waals surface area contributed by atoms with E-state index >= 15 is 0 Å². The van der Waals surface area contributed by atoms with Gasteiger partial charge in [-0.1, -0.05) is 0 Å². The predicted molar refractivity (Wildman–Crippen MR) is 68.3 cm³/mol. The minimum atomic E-state index is -4.54. The Morgan fingerprint density at radius 2 is 1.95 bits per heavy atom. The zero-order valence-corrected chi connectivity index (χ0v) is 11.7. The maximum absolute atomic E-state index is 12.6. The van der Waals surface area contributed by atoms with Crippen molar-refractivity contribution < 1.29 is 27.5 Å². The van der Waals surface area contributed by atoms with Gasteiger partial charge < -0.3 is 10.1 Å². The second kappa shape index (κ2) is 6.11. The van der Waals surface area contributed by atoms with E-state index in [-0.39, 0.29) is 12.4 Å². The summed E-state index contributed by atoms with van der Waals surface area (Å²) in [6, 6.07) is 1.48. The molecule has 0 aromatic carbocycles. The molecular weight excluding hydrogens is 289 g/mol. The third-order valence-corrected chi connectivity index (χ3v) is 2.68. The number of rotatable bonds is 4. The molecule has 0 radical (unpaired) electrons. The number of alkyl halides is 3. The number of nitrogens with zero attached hydrogens (tertiary/aromatic N) is 1. The van der Waals surface area contributed by atoms with Crippen LogP contribution in [0, 0.1) is 5.41 Å². The zero-order valence-electron chi connectivity index (χ0n) is 11.7. The number of pyridine rings is 1. The van der Waals surface area contributed by atoms with Crippen LogP contribution in [0.25, 0.3) is 0 Å². The van der Waals surface area contributed by atoms with Gasteiger partial charge in [0.05, 0.1) is 12.2 Å². The number of nitrogens with one attached hydrogen (secondary N) is 1. The van der Waals surface area contributed by atoms with Crippen molar-refractivity contribution in [3.63, 3.8) is 0 Å². The van der Waals surface area contributed by atoms with Gasteiger partial charge in [0.25, 0.3) is 0 Å². The molecular formula is C13H15F3N2O3. The number of ether oxygens (including phenoxy) is 1. The second-order valence-corrected chi connectivity index (χ2v) is 4.73. The van der Waals surface area contributed by atoms with Crippen LogP contribution in [-0.4, -0.2) is 23.5 Å². The lowest BCUT2D eigenvalue weighted by molar-refractivity contribution is -0.157. The van der Waals surface area contributed by atoms with Crippen LogP contribution in [0.3, 0.4) is 0 Å². The number of carbonyl (C=O) groups excluding carboxylic acids is 2. The molecule has 5 nitrogen and oxygen atoms in total. The van der Waals surface area contributed by atoms with Gasteiger partial charge in [0.15, 0.2) is 0 Å². The summed E-state index contributed by atoms with van der Waals surface area (Å²) in [5.41, 5.74) is -2.48. The Morgan fingerprint density at radius 1 is 1.33 bits per heavy atom. The molecule has 1 aromatic rings. The van der Waals surface area contributed by atoms with Gasteiger partial charge >= 0.3 is 12.1 Å². The van der Waals surface area contributed by atoms with E-state index in [4.69, 9.17) is 4.74 Å². The highest BCUT2D eigenvalue weighted by Gasteiger charge is 2.38. The average Bonchev–Trinajstić information content (AvgIpc) is 2.38. The molecule has 21 heavy (non-hydrogen) atoms. The van der Waals surface area contributed by atoms with E-state index in [1.165, 1.54) is 13.8 Å². The molecule has 1 heterocycles. The smallest absolute Gasteiger partial charge is 0.416 e. The van der Waals surface area contributed by atoms with Crippen LogP contribution in [0.5, 0.6) is 0 Å². The topological polar surface area (TPSA) is 68.3 Å². The summed E-state index contributed by atoms with van der Waals surface area (Å²) in [7, 11) is 0. The summed E-state index contributed by atoms with van der Waals surface area (Å²) in [5, 5.41) is 2.18. The Kier molecular flexibility index (Phi) is 4.93. The minimum absolute atomic E-state index is 0.0946. The molecule has 0 fully saturated rings. The Balaban J connectivity index is 2.91. The van der Waals surface area contributed by atoms with Crippen LogP contribution in [0.1, 0.15) is 26.3 Å². The summed E-state index contributed by atoms with van der Waals surface area (Å²) in [6.07, 6.45) is -3.62. The molecule has 0 aliphatic rings. The quantitative estimate of drug-likeness (QED) is 0.686. The highest BCUT2D eigenvalue weighted by Crippen LogP contribution is 2.30. The number of anilines is 1. The number of amides is 1. The minimum Gasteiger partial charge on any atom is -0.465 e. The van der Waals surface area contributed by atoms with Crippen LogP contribution >= 0.6 is 0 Å². The lowest BCUT2D eigenvalue weighted by atomic mass is 9.92. The van der Waals surface area contributed by atoms with Crippen molar-refractivity contribution in [2.75, 3.05) is 11.9 Å². The first kappa shape index (κ1) is 16.9. The van der Waals surface area contributed by atoms with E-state index in [0.717, 1.165) is 12.3 Å². The summed E-state index contributed by atoms with van der Waals surface area (Å²) in [5.74, 6) is -1.85. The molecule has 0 atom stereocenters. The number of esters is 1. The average molecular weight is 304 g/mol. The van der Waals surface area contributed by atoms with Crippen molar-refractivity contribution in [1.82, 2.24) is 4.98 Å². The fraction of sp³-hybridized carbons (Fsp3) is 0.462. The van der Waals surface area contributed by atoms with Crippen LogP contribution < -0.4 is 5.32 Å². The van der Waals surface area contributed by atoms with Gasteiger partial charge in [0.2, 0.25) is 5.91 Å². The molecule has 0 bridgehead atoms. The van der Waals surface area contributed by atoms with Crippen LogP contribution in [0.2, 0.25) is 0 Å². The van der Waals surface area contributed by atoms with Crippen LogP contribution in [0.15, 0.2) is 18.3 Å². The molecule has 1 rings (SSSR count). The Morgan fingerprint density at radius 3 is 2.48 bits per heavy atom. The molecule has 0 aliphatic heterocycles. The molecule has 0 saturated carbocycles. The molecule has 1 N–H and O–H groups in total. The number of halogens is 3. The van der Waals surface area contributed by atoms with Gasteiger partial charge in [-0.15, -0.1) is 0 Å². The van der Waals surface area contributed by atoms with Gasteiger partial charge in [-0.05, 0) is 32.9 Å². The molecule has 0 unspecified atom stereocenters. The maximum Gasteiger partial charge on any atom is 0.416 e. The first-order chi connectivity index (χ1) is 9.59. The van der Waals surface area contributed by atoms with Crippen molar-refractivity contribution >= 4 is 17.7 Å². The molecule has 8 heteroatoms. The Hall–Kier alpha value is -2.12. The predicted octanol–water partition coefficient (Wildman–Crippen LogP) is 2.63. The van der Waals surface area contributed by atoms with Crippen LogP contribution in [-0.2, 0) is 20.5 Å². The summed E-state index contributed by atoms with van der Waals surface area (Å²) in [4.78, 5) is 27.2. The Bertz CT molecular complexity index is 542. The Labute approximate surface area is 119 Å². The van der Waals surface area contributed by atoms with Crippen molar-refractivity contribution in [2.24, 2.45) is 5.41 Å². The standard InChI is InChI=1S/C13H15F3N2O3/c1-4-21-11(20)12(2,3)10(19)18-9-7-8(5-6-17-9)13(14,15)16/h5-7H,4H2,1-3H3,(H,17,18,19). The van der Waals surface area contributed by atoms with Gasteiger partial charge in [-0.25, -0.2) is 4.98 Å². The second-order valence-electron chi connectivity index (χ2n) is 4.73. The molecule has 0 saturated heterocycles. The lowest BCUT2D eigenvalue weighted by Crippen LogP contribution is -2.39. The normalized spacial score (nSPS) is 11.9. The van der Waals surface area contributed by atoms with Crippen molar-refractivity contribution in [2.45, 2.75) is 26.9 Å². The van der Waals surface area contributed by atoms with Crippen LogP contribution in [0.4, 0.5) is 19.0 Å². The van der Waals surface area contributed by atoms with Gasteiger partial charge in [0.1, 0.15) is 11.2 Å². The van der Waals surface area contributed by atoms with E-state index in [9.17, 15) is 22.8 Å². The maximum atomic E-state index is 12.6. The van der Waals surface area contributed by atoms with Crippen molar-refractivity contribution in [1.29, 1.82) is 0 Å². The number of carbonyl (C=O) groups is 2. The summed E-state index contributed by atoms with van der Waals surface area (Å²) in [6.45, 7) is 4.31. The fourth-order valence-corrected chi connectivity index (χ4v) is 1.35. The van der Waals surface area contributed by atoms with E-state index in [1.54, 1.807) is 6.92 Å². The highest BCUT2D eigenvalue weighted by molar-refractivity contribution is 6.07. The van der Waals surface area contributed by atoms with E-state index in [1.807, 2.05) is 0 Å². The largest absolute Gasteiger partial charge is 0.465 e. The molecule has 0 aliphatic carbocycles. The molecule has 0 spiro atoms. The number of aromatic nitrogens is 1. The summed E-state index contributed by atoms with van der Waals surface area (Å²) < 4.78 is 42.4. The first-order valence-corrected chi connectivity index (χ1v) is 6.11. The van der Waals surface area contributed by atoms with Gasteiger partial charge in [-0.2, -0.15) is 13.2 Å². The van der Waals surface area contributed by atoms with E-state index in [2.05, 4.69) is 10.3 Å². The monoisotopic (exact) mass is 304 g/mol. The van der Waals surface area contributed by atoms with Gasteiger partial charge in [0, 0.05) is 6.20 Å². The highest BCUT2D eigenvalue weighted by atomic mass is 19.4. The van der Waals surface area contributed by atoms with Crippen molar-refractivity contribution in [3.8, 4) is 0 Å². The number of hydrogen-bond donors (Lipinski definition) is 1. The lowest BCUT2D eigenvalue weighted by Gasteiger charge is -2.21. The first-order valence-electron chi connectivity index (χ1n) is 6.11. The van der Waals surface area contributed by atoms with E-state index < -0.39 is 29.0 Å². The molecule has 116 valence electrons. The van der Waals surface area contributed by atoms with Gasteiger partial charge in [-0.3, -0.25) is 9.59 Å². The third-order valence-electron chi connectivity index (χ3n) is 2.68. The SMILES string of the molecule is CCOC(=O)C(C)(C)C(=O)Nc1cc(C(F)(F)F)ccn1. The van der Waals surface area contributed by atoms with E-state index in [0.29, 0.717) is 6.07 Å². The molecule has 1 aromatic heterocycles. The number of hydrogen-bond acceptors (Lipinski definition) is 4. The molecule has 1 amide bonds. The summed E-state index contributed by atoms with van der Waals surface area (Å²) >= 11 is 0.